The molecular formula is C17H17BrClNO3S. The average Bonchev–Trinajstić information content (AvgIpc) is 2.55. The topological polar surface area (TPSA) is 46.6 Å². The van der Waals surface area contributed by atoms with E-state index < -0.39 is 10.0 Å². The Bertz CT molecular complexity index is 868. The first-order valence-electron chi connectivity index (χ1n) is 7.05. The zero-order valence-electron chi connectivity index (χ0n) is 13.3. The van der Waals surface area contributed by atoms with Gasteiger partial charge in [0.05, 0.1) is 28.7 Å². The molecule has 0 unspecified atom stereocenters. The Balaban J connectivity index is 2.59. The van der Waals surface area contributed by atoms with Gasteiger partial charge in [0.15, 0.2) is 0 Å². The Hall–Kier alpha value is -1.50. The molecule has 0 aromatic heterocycles. The van der Waals surface area contributed by atoms with Crippen molar-refractivity contribution in [1.29, 1.82) is 0 Å². The third-order valence-corrected chi connectivity index (χ3v) is 6.32. The minimum absolute atomic E-state index is 0.132. The van der Waals surface area contributed by atoms with E-state index in [0.717, 1.165) is 0 Å². The van der Waals surface area contributed by atoms with Gasteiger partial charge in [0.1, 0.15) is 5.75 Å². The molecule has 4 nitrogen and oxygen atoms in total. The number of benzene rings is 2. The normalized spacial score (nSPS) is 11.2. The summed E-state index contributed by atoms with van der Waals surface area (Å²) in [5, 5.41) is 0.507. The number of ether oxygens (including phenoxy) is 1. The first-order chi connectivity index (χ1) is 11.3. The van der Waals surface area contributed by atoms with Crippen molar-refractivity contribution in [1.82, 2.24) is 0 Å². The van der Waals surface area contributed by atoms with E-state index in [1.54, 1.807) is 31.2 Å². The summed E-state index contributed by atoms with van der Waals surface area (Å²) in [4.78, 5) is 0.149. The van der Waals surface area contributed by atoms with Gasteiger partial charge in [-0.2, -0.15) is 0 Å². The van der Waals surface area contributed by atoms with Crippen molar-refractivity contribution in [3.8, 4) is 5.75 Å². The Morgan fingerprint density at radius 2 is 2.04 bits per heavy atom. The van der Waals surface area contributed by atoms with Crippen molar-refractivity contribution >= 4 is 43.2 Å². The molecule has 2 aromatic rings. The molecule has 0 atom stereocenters. The van der Waals surface area contributed by atoms with Gasteiger partial charge >= 0.3 is 0 Å². The molecule has 24 heavy (non-hydrogen) atoms. The molecule has 0 heterocycles. The lowest BCUT2D eigenvalue weighted by Gasteiger charge is -2.25. The monoisotopic (exact) mass is 429 g/mol. The lowest BCUT2D eigenvalue weighted by atomic mass is 10.2. The molecule has 2 rings (SSSR count). The SMILES string of the molecule is C=CCN(c1cccc(Cl)c1C)S(=O)(=O)c1ccc(OC)c(Br)c1. The molecule has 7 heteroatoms. The van der Waals surface area contributed by atoms with Gasteiger partial charge in [0.25, 0.3) is 10.0 Å². The summed E-state index contributed by atoms with van der Waals surface area (Å²) in [5.41, 5.74) is 1.21. The van der Waals surface area contributed by atoms with Crippen molar-refractivity contribution in [2.24, 2.45) is 0 Å². The summed E-state index contributed by atoms with van der Waals surface area (Å²) in [7, 11) is -2.26. The molecular weight excluding hydrogens is 414 g/mol. The number of hydrogen-bond donors (Lipinski definition) is 0. The number of halogens is 2. The molecule has 0 aliphatic rings. The van der Waals surface area contributed by atoms with Crippen LogP contribution in [0.2, 0.25) is 5.02 Å². The summed E-state index contributed by atoms with van der Waals surface area (Å²) in [6, 6.07) is 9.80. The Labute approximate surface area is 155 Å². The van der Waals surface area contributed by atoms with Gasteiger partial charge in [-0.05, 0) is 58.7 Å². The van der Waals surface area contributed by atoms with E-state index in [1.165, 1.54) is 29.6 Å². The first kappa shape index (κ1) is 18.8. The second-order valence-electron chi connectivity index (χ2n) is 5.01. The molecule has 0 aliphatic carbocycles. The van der Waals surface area contributed by atoms with Crippen LogP contribution in [0.3, 0.4) is 0 Å². The van der Waals surface area contributed by atoms with Crippen LogP contribution in [-0.4, -0.2) is 22.1 Å². The van der Waals surface area contributed by atoms with Gasteiger partial charge < -0.3 is 4.74 Å². The Morgan fingerprint density at radius 1 is 1.33 bits per heavy atom. The molecule has 128 valence electrons. The van der Waals surface area contributed by atoms with E-state index in [0.29, 0.717) is 26.5 Å². The molecule has 0 amide bonds. The van der Waals surface area contributed by atoms with Crippen LogP contribution < -0.4 is 9.04 Å². The number of methoxy groups -OCH3 is 1. The van der Waals surface area contributed by atoms with Crippen LogP contribution in [-0.2, 0) is 10.0 Å². The first-order valence-corrected chi connectivity index (χ1v) is 9.66. The van der Waals surface area contributed by atoms with Crippen molar-refractivity contribution in [3.05, 3.63) is 64.1 Å². The molecule has 0 spiro atoms. The van der Waals surface area contributed by atoms with E-state index in [2.05, 4.69) is 22.5 Å². The van der Waals surface area contributed by atoms with E-state index in [1.807, 2.05) is 0 Å². The maximum absolute atomic E-state index is 13.1. The highest BCUT2D eigenvalue weighted by Crippen LogP contribution is 2.33. The van der Waals surface area contributed by atoms with Crippen LogP contribution in [0.15, 0.2) is 58.4 Å². The molecule has 0 saturated carbocycles. The van der Waals surface area contributed by atoms with E-state index in [4.69, 9.17) is 16.3 Å². The Morgan fingerprint density at radius 3 is 2.62 bits per heavy atom. The molecule has 0 bridgehead atoms. The minimum atomic E-state index is -3.79. The van der Waals surface area contributed by atoms with Crippen LogP contribution in [0.1, 0.15) is 5.56 Å². The maximum atomic E-state index is 13.1. The number of sulfonamides is 1. The largest absolute Gasteiger partial charge is 0.496 e. The van der Waals surface area contributed by atoms with E-state index >= 15 is 0 Å². The van der Waals surface area contributed by atoms with Crippen LogP contribution in [0.5, 0.6) is 5.75 Å². The number of hydrogen-bond acceptors (Lipinski definition) is 3. The summed E-state index contributed by atoms with van der Waals surface area (Å²) in [6.07, 6.45) is 1.54. The molecule has 0 aliphatic heterocycles. The molecule has 0 N–H and O–H groups in total. The van der Waals surface area contributed by atoms with E-state index in [-0.39, 0.29) is 11.4 Å². The fourth-order valence-electron chi connectivity index (χ4n) is 2.24. The minimum Gasteiger partial charge on any atom is -0.496 e. The van der Waals surface area contributed by atoms with Crippen LogP contribution >= 0.6 is 27.5 Å². The molecule has 0 saturated heterocycles. The third kappa shape index (κ3) is 3.61. The van der Waals surface area contributed by atoms with Crippen LogP contribution in [0, 0.1) is 6.92 Å². The van der Waals surface area contributed by atoms with E-state index in [9.17, 15) is 8.42 Å². The zero-order valence-corrected chi connectivity index (χ0v) is 16.5. The molecule has 0 fully saturated rings. The fourth-order valence-corrected chi connectivity index (χ4v) is 4.63. The standard InChI is InChI=1S/C17H17BrClNO3S/c1-4-10-20(16-7-5-6-15(19)12(16)2)24(21,22)13-8-9-17(23-3)14(18)11-13/h4-9,11H,1,10H2,2-3H3. The average molecular weight is 431 g/mol. The second-order valence-corrected chi connectivity index (χ2v) is 8.13. The third-order valence-electron chi connectivity index (χ3n) is 3.51. The lowest BCUT2D eigenvalue weighted by Crippen LogP contribution is -2.31. The predicted molar refractivity (Wildman–Crippen MR) is 102 cm³/mol. The second kappa shape index (κ2) is 7.59. The van der Waals surface area contributed by atoms with Gasteiger partial charge in [-0.25, -0.2) is 8.42 Å². The van der Waals surface area contributed by atoms with Gasteiger partial charge in [-0.1, -0.05) is 23.7 Å². The van der Waals surface area contributed by atoms with Crippen molar-refractivity contribution in [2.75, 3.05) is 18.0 Å². The summed E-state index contributed by atoms with van der Waals surface area (Å²) < 4.78 is 33.2. The summed E-state index contributed by atoms with van der Waals surface area (Å²) in [5.74, 6) is 0.558. The number of rotatable bonds is 6. The van der Waals surface area contributed by atoms with Crippen molar-refractivity contribution in [2.45, 2.75) is 11.8 Å². The summed E-state index contributed by atoms with van der Waals surface area (Å²) in [6.45, 7) is 5.58. The van der Waals surface area contributed by atoms with Crippen molar-refractivity contribution < 1.29 is 13.2 Å². The molecule has 0 radical (unpaired) electrons. The number of anilines is 1. The summed E-state index contributed by atoms with van der Waals surface area (Å²) >= 11 is 9.47. The smallest absolute Gasteiger partial charge is 0.264 e. The van der Waals surface area contributed by atoms with Crippen molar-refractivity contribution in [3.63, 3.8) is 0 Å². The predicted octanol–water partition coefficient (Wildman–Crippen LogP) is 4.80. The highest BCUT2D eigenvalue weighted by molar-refractivity contribution is 9.10. The quantitative estimate of drug-likeness (QED) is 0.618. The molecule has 2 aromatic carbocycles. The number of nitrogens with zero attached hydrogens (tertiary/aromatic N) is 1. The maximum Gasteiger partial charge on any atom is 0.264 e. The zero-order chi connectivity index (χ0) is 17.9. The highest BCUT2D eigenvalue weighted by Gasteiger charge is 2.26. The fraction of sp³-hybridized carbons (Fsp3) is 0.176. The van der Waals surface area contributed by atoms with Crippen LogP contribution in [0.25, 0.3) is 0 Å². The van der Waals surface area contributed by atoms with Gasteiger partial charge in [0.2, 0.25) is 0 Å². The highest BCUT2D eigenvalue weighted by atomic mass is 79.9. The van der Waals surface area contributed by atoms with Crippen LogP contribution in [0.4, 0.5) is 5.69 Å². The van der Waals surface area contributed by atoms with Gasteiger partial charge in [-0.3, -0.25) is 4.31 Å². The van der Waals surface area contributed by atoms with Gasteiger partial charge in [-0.15, -0.1) is 6.58 Å². The lowest BCUT2D eigenvalue weighted by molar-refractivity contribution is 0.411. The van der Waals surface area contributed by atoms with Gasteiger partial charge in [0, 0.05) is 5.02 Å². The Kier molecular flexibility index (Phi) is 5.96.